The van der Waals surface area contributed by atoms with Gasteiger partial charge in [0.2, 0.25) is 5.91 Å². The molecular formula is C21H20BrNO4. The van der Waals surface area contributed by atoms with Crippen LogP contribution in [0.5, 0.6) is 0 Å². The molecule has 2 atom stereocenters. The second-order valence-corrected chi connectivity index (χ2v) is 7.67. The van der Waals surface area contributed by atoms with Gasteiger partial charge in [-0.1, -0.05) is 70.5 Å². The van der Waals surface area contributed by atoms with Gasteiger partial charge in [-0.2, -0.15) is 0 Å². The first-order valence-corrected chi connectivity index (χ1v) is 9.75. The van der Waals surface area contributed by atoms with Gasteiger partial charge in [0.15, 0.2) is 5.78 Å². The minimum absolute atomic E-state index is 0.0525. The molecule has 1 unspecified atom stereocenters. The number of amides is 1. The molecule has 1 amide bonds. The van der Waals surface area contributed by atoms with Gasteiger partial charge in [-0.25, -0.2) is 4.79 Å². The van der Waals surface area contributed by atoms with Gasteiger partial charge in [0, 0.05) is 18.5 Å². The smallest absolute Gasteiger partial charge is 0.326 e. The lowest BCUT2D eigenvalue weighted by Crippen LogP contribution is -2.41. The Morgan fingerprint density at radius 1 is 1.04 bits per heavy atom. The minimum Gasteiger partial charge on any atom is -0.480 e. The van der Waals surface area contributed by atoms with Crippen LogP contribution in [0.2, 0.25) is 0 Å². The van der Waals surface area contributed by atoms with Crippen LogP contribution in [0.1, 0.15) is 29.6 Å². The van der Waals surface area contributed by atoms with E-state index in [2.05, 4.69) is 15.9 Å². The Morgan fingerprint density at radius 2 is 1.67 bits per heavy atom. The van der Waals surface area contributed by atoms with E-state index in [0.29, 0.717) is 24.9 Å². The number of benzene rings is 2. The summed E-state index contributed by atoms with van der Waals surface area (Å²) >= 11 is 3.30. The summed E-state index contributed by atoms with van der Waals surface area (Å²) in [5.41, 5.74) is 2.59. The van der Waals surface area contributed by atoms with E-state index in [-0.39, 0.29) is 18.1 Å². The van der Waals surface area contributed by atoms with Crippen LogP contribution < -0.4 is 0 Å². The van der Waals surface area contributed by atoms with Crippen molar-refractivity contribution in [2.45, 2.75) is 30.1 Å². The fourth-order valence-corrected chi connectivity index (χ4v) is 3.86. The lowest BCUT2D eigenvalue weighted by atomic mass is 10.0. The first-order chi connectivity index (χ1) is 13.0. The summed E-state index contributed by atoms with van der Waals surface area (Å²) in [7, 11) is 0. The van der Waals surface area contributed by atoms with Crippen LogP contribution in [0.15, 0.2) is 54.6 Å². The van der Waals surface area contributed by atoms with Crippen LogP contribution in [0.25, 0.3) is 11.1 Å². The second-order valence-electron chi connectivity index (χ2n) is 6.56. The summed E-state index contributed by atoms with van der Waals surface area (Å²) in [6.07, 6.45) is 1.08. The largest absolute Gasteiger partial charge is 0.480 e. The van der Waals surface area contributed by atoms with Gasteiger partial charge >= 0.3 is 5.97 Å². The summed E-state index contributed by atoms with van der Waals surface area (Å²) < 4.78 is 0. The van der Waals surface area contributed by atoms with Crippen LogP contribution in [0.3, 0.4) is 0 Å². The first kappa shape index (κ1) is 19.3. The van der Waals surface area contributed by atoms with Crippen LogP contribution >= 0.6 is 15.9 Å². The summed E-state index contributed by atoms with van der Waals surface area (Å²) in [5, 5.41) is 9.20. The van der Waals surface area contributed by atoms with Crippen molar-refractivity contribution in [2.75, 3.05) is 6.54 Å². The third-order valence-corrected chi connectivity index (χ3v) is 5.51. The molecule has 0 radical (unpaired) electrons. The highest BCUT2D eigenvalue weighted by atomic mass is 79.9. The Kier molecular flexibility index (Phi) is 6.06. The third-order valence-electron chi connectivity index (χ3n) is 4.77. The zero-order chi connectivity index (χ0) is 19.4. The number of likely N-dealkylation sites (tertiary alicyclic amines) is 1. The van der Waals surface area contributed by atoms with Crippen LogP contribution in [0.4, 0.5) is 0 Å². The van der Waals surface area contributed by atoms with E-state index in [4.69, 9.17) is 0 Å². The third kappa shape index (κ3) is 4.45. The molecule has 0 aromatic heterocycles. The summed E-state index contributed by atoms with van der Waals surface area (Å²) in [5.74, 6) is -1.49. The Morgan fingerprint density at radius 3 is 2.30 bits per heavy atom. The Labute approximate surface area is 166 Å². The molecule has 27 heavy (non-hydrogen) atoms. The highest BCUT2D eigenvalue weighted by molar-refractivity contribution is 9.10. The van der Waals surface area contributed by atoms with Crippen molar-refractivity contribution in [2.24, 2.45) is 0 Å². The summed E-state index contributed by atoms with van der Waals surface area (Å²) in [6.45, 7) is 0.426. The van der Waals surface area contributed by atoms with Crippen LogP contribution in [-0.2, 0) is 9.59 Å². The van der Waals surface area contributed by atoms with Crippen LogP contribution in [-0.4, -0.2) is 45.1 Å². The fourth-order valence-electron chi connectivity index (χ4n) is 3.32. The topological polar surface area (TPSA) is 74.7 Å². The maximum absolute atomic E-state index is 12.6. The minimum atomic E-state index is -0.991. The number of carboxylic acid groups (broad SMARTS) is 1. The average Bonchev–Trinajstić information content (AvgIpc) is 3.18. The Hall–Kier alpha value is -2.47. The van der Waals surface area contributed by atoms with E-state index in [1.54, 1.807) is 12.1 Å². The Bertz CT molecular complexity index is 835. The van der Waals surface area contributed by atoms with Gasteiger partial charge in [0.1, 0.15) is 6.04 Å². The van der Waals surface area contributed by atoms with Crippen molar-refractivity contribution in [3.05, 3.63) is 60.2 Å². The molecule has 5 nitrogen and oxygen atoms in total. The number of Topliss-reactive ketones (excluding diaryl/α,β-unsaturated/α-hetero) is 1. The normalized spacial score (nSPS) is 17.5. The fraction of sp³-hybridized carbons (Fsp3) is 0.286. The maximum atomic E-state index is 12.6. The lowest BCUT2D eigenvalue weighted by molar-refractivity contribution is -0.148. The monoisotopic (exact) mass is 429 g/mol. The van der Waals surface area contributed by atoms with Gasteiger partial charge in [0.25, 0.3) is 0 Å². The lowest BCUT2D eigenvalue weighted by Gasteiger charge is -2.22. The van der Waals surface area contributed by atoms with E-state index in [1.165, 1.54) is 4.90 Å². The molecule has 1 aliphatic heterocycles. The number of halogens is 1. The molecule has 1 fully saturated rings. The molecule has 2 aromatic rings. The number of carboxylic acids is 1. The summed E-state index contributed by atoms with van der Waals surface area (Å²) in [6, 6.07) is 16.3. The summed E-state index contributed by atoms with van der Waals surface area (Å²) in [4.78, 5) is 37.0. The van der Waals surface area contributed by atoms with Crippen LogP contribution in [0, 0.1) is 0 Å². The van der Waals surface area contributed by atoms with Gasteiger partial charge in [-0.3, -0.25) is 9.59 Å². The number of hydrogen-bond donors (Lipinski definition) is 1. The highest BCUT2D eigenvalue weighted by Gasteiger charge is 2.35. The van der Waals surface area contributed by atoms with Crippen molar-refractivity contribution in [1.29, 1.82) is 0 Å². The average molecular weight is 430 g/mol. The number of ketones is 1. The second kappa shape index (κ2) is 8.48. The van der Waals surface area contributed by atoms with Gasteiger partial charge < -0.3 is 10.0 Å². The van der Waals surface area contributed by atoms with E-state index < -0.39 is 16.8 Å². The van der Waals surface area contributed by atoms with E-state index in [1.807, 2.05) is 42.5 Å². The number of nitrogens with zero attached hydrogens (tertiary/aromatic N) is 1. The number of hydrogen-bond acceptors (Lipinski definition) is 3. The molecule has 3 rings (SSSR count). The quantitative estimate of drug-likeness (QED) is 0.560. The molecule has 0 aliphatic carbocycles. The molecule has 2 aromatic carbocycles. The van der Waals surface area contributed by atoms with Crippen molar-refractivity contribution in [3.8, 4) is 11.1 Å². The van der Waals surface area contributed by atoms with Crippen molar-refractivity contribution < 1.29 is 19.5 Å². The predicted molar refractivity (Wildman–Crippen MR) is 106 cm³/mol. The molecule has 6 heteroatoms. The number of aliphatic carboxylic acids is 1. The highest BCUT2D eigenvalue weighted by Crippen LogP contribution is 2.23. The molecule has 1 N–H and O–H groups in total. The standard InChI is InChI=1S/C21H20BrNO4/c22-17(13-19(24)23-12-4-7-18(23)21(26)27)20(25)16-10-8-15(9-11-16)14-5-2-1-3-6-14/h1-3,5-6,8-11,17-18H,4,7,12-13H2,(H,26,27)/t17?,18-/m0/s1. The Balaban J connectivity index is 1.65. The molecule has 0 spiro atoms. The number of rotatable bonds is 6. The van der Waals surface area contributed by atoms with Gasteiger partial charge in [-0.15, -0.1) is 0 Å². The van der Waals surface area contributed by atoms with E-state index in [9.17, 15) is 19.5 Å². The van der Waals surface area contributed by atoms with Crippen molar-refractivity contribution >= 4 is 33.6 Å². The SMILES string of the molecule is O=C(c1ccc(-c2ccccc2)cc1)C(Br)CC(=O)N1CCC[C@H]1C(=O)O. The zero-order valence-electron chi connectivity index (χ0n) is 14.7. The number of carbonyl (C=O) groups is 3. The molecule has 140 valence electrons. The van der Waals surface area contributed by atoms with Crippen molar-refractivity contribution in [1.82, 2.24) is 4.90 Å². The molecular weight excluding hydrogens is 410 g/mol. The first-order valence-electron chi connectivity index (χ1n) is 8.83. The van der Waals surface area contributed by atoms with Gasteiger partial charge in [-0.05, 0) is 24.0 Å². The molecule has 1 saturated heterocycles. The van der Waals surface area contributed by atoms with E-state index >= 15 is 0 Å². The maximum Gasteiger partial charge on any atom is 0.326 e. The van der Waals surface area contributed by atoms with Gasteiger partial charge in [0.05, 0.1) is 4.83 Å². The van der Waals surface area contributed by atoms with Crippen molar-refractivity contribution in [3.63, 3.8) is 0 Å². The number of carbonyl (C=O) groups excluding carboxylic acids is 2. The molecule has 1 aliphatic rings. The molecule has 1 heterocycles. The number of alkyl halides is 1. The molecule has 0 saturated carbocycles. The predicted octanol–water partition coefficient (Wildman–Crippen LogP) is 3.77. The molecule has 0 bridgehead atoms. The zero-order valence-corrected chi connectivity index (χ0v) is 16.3. The van der Waals surface area contributed by atoms with E-state index in [0.717, 1.165) is 11.1 Å².